The fourth-order valence-corrected chi connectivity index (χ4v) is 2.68. The summed E-state index contributed by atoms with van der Waals surface area (Å²) < 4.78 is 2.02. The van der Waals surface area contributed by atoms with E-state index in [-0.39, 0.29) is 0 Å². The highest BCUT2D eigenvalue weighted by atomic mass is 15.0. The second-order valence-electron chi connectivity index (χ2n) is 5.37. The van der Waals surface area contributed by atoms with Crippen molar-refractivity contribution in [2.24, 2.45) is 0 Å². The van der Waals surface area contributed by atoms with Crippen molar-refractivity contribution < 1.29 is 0 Å². The third kappa shape index (κ3) is 2.47. The first-order chi connectivity index (χ1) is 11.3. The summed E-state index contributed by atoms with van der Waals surface area (Å²) in [7, 11) is 0. The molecule has 0 saturated carbocycles. The van der Waals surface area contributed by atoms with E-state index in [0.29, 0.717) is 5.56 Å². The van der Waals surface area contributed by atoms with E-state index in [9.17, 15) is 0 Å². The number of hydrogen-bond acceptors (Lipinski definition) is 2. The van der Waals surface area contributed by atoms with Gasteiger partial charge in [-0.25, -0.2) is 4.98 Å². The number of fused-ring (bicyclic) bond motifs is 1. The highest BCUT2D eigenvalue weighted by molar-refractivity contribution is 5.68. The van der Waals surface area contributed by atoms with Gasteiger partial charge >= 0.3 is 0 Å². The second-order valence-corrected chi connectivity index (χ2v) is 5.37. The van der Waals surface area contributed by atoms with Crippen LogP contribution in [0.4, 0.5) is 0 Å². The van der Waals surface area contributed by atoms with Crippen molar-refractivity contribution in [2.75, 3.05) is 0 Å². The fourth-order valence-electron chi connectivity index (χ4n) is 2.68. The number of nitrogens with zero attached hydrogens (tertiary/aromatic N) is 3. The minimum absolute atomic E-state index is 0.665. The van der Waals surface area contributed by atoms with Gasteiger partial charge in [0.15, 0.2) is 0 Å². The molecule has 2 heterocycles. The van der Waals surface area contributed by atoms with Crippen LogP contribution in [-0.2, 0) is 0 Å². The number of pyridine rings is 1. The SMILES string of the molecule is N#Cc1cccc(-c2ccc3nc(-c4ccccc4)cn3c2)c1. The van der Waals surface area contributed by atoms with E-state index in [1.54, 1.807) is 0 Å². The van der Waals surface area contributed by atoms with Gasteiger partial charge in [-0.05, 0) is 35.4 Å². The van der Waals surface area contributed by atoms with Crippen molar-refractivity contribution in [1.82, 2.24) is 9.38 Å². The minimum atomic E-state index is 0.665. The summed E-state index contributed by atoms with van der Waals surface area (Å²) >= 11 is 0. The zero-order valence-electron chi connectivity index (χ0n) is 12.3. The summed E-state index contributed by atoms with van der Waals surface area (Å²) in [6.07, 6.45) is 4.08. The van der Waals surface area contributed by atoms with Crippen LogP contribution < -0.4 is 0 Å². The molecule has 4 aromatic rings. The molecular formula is C20H13N3. The molecule has 2 aromatic heterocycles. The van der Waals surface area contributed by atoms with Crippen LogP contribution in [0.25, 0.3) is 28.0 Å². The summed E-state index contributed by atoms with van der Waals surface area (Å²) in [5.41, 5.74) is 5.72. The van der Waals surface area contributed by atoms with Crippen LogP contribution in [0.5, 0.6) is 0 Å². The molecule has 3 nitrogen and oxygen atoms in total. The fraction of sp³-hybridized carbons (Fsp3) is 0. The second kappa shape index (κ2) is 5.43. The van der Waals surface area contributed by atoms with E-state index < -0.39 is 0 Å². The van der Waals surface area contributed by atoms with Gasteiger partial charge in [-0.15, -0.1) is 0 Å². The lowest BCUT2D eigenvalue weighted by atomic mass is 10.1. The average molecular weight is 295 g/mol. The Hall–Kier alpha value is -3.38. The molecule has 0 radical (unpaired) electrons. The molecule has 3 heteroatoms. The molecule has 2 aromatic carbocycles. The van der Waals surface area contributed by atoms with E-state index in [1.807, 2.05) is 71.4 Å². The Morgan fingerprint density at radius 2 is 1.61 bits per heavy atom. The topological polar surface area (TPSA) is 41.1 Å². The van der Waals surface area contributed by atoms with Crippen molar-refractivity contribution in [2.45, 2.75) is 0 Å². The van der Waals surface area contributed by atoms with Crippen molar-refractivity contribution >= 4 is 5.65 Å². The monoisotopic (exact) mass is 295 g/mol. The Balaban J connectivity index is 1.81. The highest BCUT2D eigenvalue weighted by Gasteiger charge is 2.06. The van der Waals surface area contributed by atoms with Gasteiger partial charge in [-0.2, -0.15) is 5.26 Å². The minimum Gasteiger partial charge on any atom is -0.306 e. The van der Waals surface area contributed by atoms with E-state index in [2.05, 4.69) is 23.2 Å². The first kappa shape index (κ1) is 13.3. The molecule has 0 fully saturated rings. The molecule has 0 aliphatic heterocycles. The molecule has 4 rings (SSSR count). The molecule has 0 atom stereocenters. The van der Waals surface area contributed by atoms with Crippen molar-refractivity contribution in [3.63, 3.8) is 0 Å². The van der Waals surface area contributed by atoms with Crippen LogP contribution >= 0.6 is 0 Å². The molecule has 0 spiro atoms. The molecule has 0 N–H and O–H groups in total. The standard InChI is InChI=1S/C20H13N3/c21-12-15-5-4-8-17(11-15)18-9-10-20-22-19(14-23(20)13-18)16-6-2-1-3-7-16/h1-11,13-14H. The summed E-state index contributed by atoms with van der Waals surface area (Å²) in [5.74, 6) is 0. The third-order valence-electron chi connectivity index (χ3n) is 3.85. The molecule has 0 saturated heterocycles. The molecule has 23 heavy (non-hydrogen) atoms. The highest BCUT2D eigenvalue weighted by Crippen LogP contribution is 2.23. The number of aromatic nitrogens is 2. The van der Waals surface area contributed by atoms with E-state index in [4.69, 9.17) is 5.26 Å². The van der Waals surface area contributed by atoms with E-state index in [0.717, 1.165) is 28.0 Å². The predicted octanol–water partition coefficient (Wildman–Crippen LogP) is 4.54. The van der Waals surface area contributed by atoms with Crippen LogP contribution in [0.3, 0.4) is 0 Å². The van der Waals surface area contributed by atoms with Gasteiger partial charge in [0, 0.05) is 18.0 Å². The Morgan fingerprint density at radius 1 is 0.783 bits per heavy atom. The van der Waals surface area contributed by atoms with Crippen LogP contribution in [-0.4, -0.2) is 9.38 Å². The van der Waals surface area contributed by atoms with Gasteiger partial charge < -0.3 is 4.40 Å². The summed E-state index contributed by atoms with van der Waals surface area (Å²) in [6, 6.07) is 24.0. The van der Waals surface area contributed by atoms with Crippen molar-refractivity contribution in [3.05, 3.63) is 84.7 Å². The first-order valence-corrected chi connectivity index (χ1v) is 7.38. The molecular weight excluding hydrogens is 282 g/mol. The number of rotatable bonds is 2. The summed E-state index contributed by atoms with van der Waals surface area (Å²) in [5, 5.41) is 9.04. The normalized spacial score (nSPS) is 10.6. The Bertz CT molecular complexity index is 1020. The van der Waals surface area contributed by atoms with E-state index in [1.165, 1.54) is 0 Å². The Labute approximate surface area is 134 Å². The zero-order chi connectivity index (χ0) is 15.6. The van der Waals surface area contributed by atoms with Gasteiger partial charge in [-0.1, -0.05) is 42.5 Å². The predicted molar refractivity (Wildman–Crippen MR) is 90.8 cm³/mol. The van der Waals surface area contributed by atoms with Crippen molar-refractivity contribution in [1.29, 1.82) is 5.26 Å². The molecule has 0 unspecified atom stereocenters. The Kier molecular flexibility index (Phi) is 3.14. The first-order valence-electron chi connectivity index (χ1n) is 7.38. The van der Waals surface area contributed by atoms with Crippen LogP contribution in [0.1, 0.15) is 5.56 Å². The average Bonchev–Trinajstić information content (AvgIpc) is 3.06. The van der Waals surface area contributed by atoms with Gasteiger partial charge in [0.25, 0.3) is 0 Å². The lowest BCUT2D eigenvalue weighted by Crippen LogP contribution is -1.86. The Morgan fingerprint density at radius 3 is 2.43 bits per heavy atom. The van der Waals surface area contributed by atoms with Gasteiger partial charge in [-0.3, -0.25) is 0 Å². The zero-order valence-corrected chi connectivity index (χ0v) is 12.3. The van der Waals surface area contributed by atoms with Crippen LogP contribution in [0.2, 0.25) is 0 Å². The van der Waals surface area contributed by atoms with E-state index >= 15 is 0 Å². The maximum absolute atomic E-state index is 9.04. The van der Waals surface area contributed by atoms with Gasteiger partial charge in [0.05, 0.1) is 17.3 Å². The number of nitriles is 1. The third-order valence-corrected chi connectivity index (χ3v) is 3.85. The van der Waals surface area contributed by atoms with Crippen LogP contribution in [0.15, 0.2) is 79.1 Å². The number of hydrogen-bond donors (Lipinski definition) is 0. The van der Waals surface area contributed by atoms with Gasteiger partial charge in [0.1, 0.15) is 5.65 Å². The quantitative estimate of drug-likeness (QED) is 0.544. The number of imidazole rings is 1. The van der Waals surface area contributed by atoms with Crippen LogP contribution in [0, 0.1) is 11.3 Å². The molecule has 0 aliphatic rings. The smallest absolute Gasteiger partial charge is 0.137 e. The van der Waals surface area contributed by atoms with Gasteiger partial charge in [0.2, 0.25) is 0 Å². The molecule has 0 amide bonds. The molecule has 108 valence electrons. The molecule has 0 aliphatic carbocycles. The summed E-state index contributed by atoms with van der Waals surface area (Å²) in [6.45, 7) is 0. The maximum atomic E-state index is 9.04. The largest absolute Gasteiger partial charge is 0.306 e. The van der Waals surface area contributed by atoms with Crippen molar-refractivity contribution in [3.8, 4) is 28.5 Å². The number of benzene rings is 2. The summed E-state index contributed by atoms with van der Waals surface area (Å²) in [4.78, 5) is 4.66. The maximum Gasteiger partial charge on any atom is 0.137 e. The lowest BCUT2D eigenvalue weighted by molar-refractivity contribution is 1.19. The molecule has 0 bridgehead atoms. The lowest BCUT2D eigenvalue weighted by Gasteiger charge is -2.03.